The maximum atomic E-state index is 13.2. The van der Waals surface area contributed by atoms with Crippen LogP contribution in [0.2, 0.25) is 0 Å². The number of aromatic nitrogens is 6. The first-order valence-corrected chi connectivity index (χ1v) is 10.5. The molecule has 0 bridgehead atoms. The van der Waals surface area contributed by atoms with E-state index in [4.69, 9.17) is 4.98 Å². The second kappa shape index (κ2) is 5.78. The zero-order chi connectivity index (χ0) is 19.9. The fraction of sp³-hybridized carbons (Fsp3) is 0.474. The van der Waals surface area contributed by atoms with Gasteiger partial charge in [-0.25, -0.2) is 14.5 Å². The minimum atomic E-state index is -4.46. The molecule has 6 nitrogen and oxygen atoms in total. The number of thiophene rings is 1. The predicted octanol–water partition coefficient (Wildman–Crippen LogP) is 4.53. The molecule has 10 heteroatoms. The van der Waals surface area contributed by atoms with E-state index in [-0.39, 0.29) is 5.92 Å². The van der Waals surface area contributed by atoms with Crippen molar-refractivity contribution in [2.24, 2.45) is 0 Å². The van der Waals surface area contributed by atoms with Crippen LogP contribution < -0.4 is 0 Å². The van der Waals surface area contributed by atoms with Crippen LogP contribution in [0.5, 0.6) is 0 Å². The molecule has 0 aromatic carbocycles. The van der Waals surface area contributed by atoms with Crippen molar-refractivity contribution in [3.63, 3.8) is 0 Å². The topological polar surface area (TPSA) is 60.9 Å². The summed E-state index contributed by atoms with van der Waals surface area (Å²) in [6.45, 7) is 1.80. The lowest BCUT2D eigenvalue weighted by molar-refractivity contribution is -0.141. The Hall–Kier alpha value is -2.49. The van der Waals surface area contributed by atoms with E-state index in [1.807, 2.05) is 0 Å². The first kappa shape index (κ1) is 17.4. The van der Waals surface area contributed by atoms with Crippen molar-refractivity contribution in [1.82, 2.24) is 29.4 Å². The van der Waals surface area contributed by atoms with E-state index in [9.17, 15) is 13.2 Å². The van der Waals surface area contributed by atoms with Crippen molar-refractivity contribution in [3.05, 3.63) is 40.0 Å². The average molecular weight is 418 g/mol. The van der Waals surface area contributed by atoms with Crippen LogP contribution >= 0.6 is 11.3 Å². The van der Waals surface area contributed by atoms with Gasteiger partial charge in [0.1, 0.15) is 17.2 Å². The van der Waals surface area contributed by atoms with Crippen molar-refractivity contribution in [1.29, 1.82) is 0 Å². The standard InChI is InChI=1S/C19H17F3N6S/c1-9(28-12(10-5-6-10)7-14(25-28)19(20,21)22)16-24-17-15-11-3-2-4-13(11)29-18(15)23-8-27(17)26-16/h7-10H,2-6H2,1H3/t9-/m0/s1. The summed E-state index contributed by atoms with van der Waals surface area (Å²) in [5.41, 5.74) is 1.79. The molecule has 1 saturated carbocycles. The lowest BCUT2D eigenvalue weighted by Crippen LogP contribution is -2.15. The Balaban J connectivity index is 1.49. The van der Waals surface area contributed by atoms with Crippen molar-refractivity contribution in [3.8, 4) is 0 Å². The maximum Gasteiger partial charge on any atom is 0.435 e. The fourth-order valence-corrected chi connectivity index (χ4v) is 5.46. The monoisotopic (exact) mass is 418 g/mol. The molecule has 29 heavy (non-hydrogen) atoms. The van der Waals surface area contributed by atoms with Gasteiger partial charge < -0.3 is 0 Å². The summed E-state index contributed by atoms with van der Waals surface area (Å²) in [6, 6.07) is 0.679. The third-order valence-corrected chi connectivity index (χ3v) is 7.05. The summed E-state index contributed by atoms with van der Waals surface area (Å²) in [6.07, 6.45) is 2.16. The van der Waals surface area contributed by atoms with E-state index in [0.29, 0.717) is 11.5 Å². The molecule has 0 amide bonds. The number of halogens is 3. The van der Waals surface area contributed by atoms with Gasteiger partial charge in [0.25, 0.3) is 0 Å². The molecule has 0 spiro atoms. The summed E-state index contributed by atoms with van der Waals surface area (Å²) >= 11 is 1.70. The Bertz CT molecular complexity index is 1260. The molecule has 4 aromatic heterocycles. The van der Waals surface area contributed by atoms with Gasteiger partial charge in [0.05, 0.1) is 5.39 Å². The van der Waals surface area contributed by atoms with Crippen molar-refractivity contribution in [2.75, 3.05) is 0 Å². The molecular weight excluding hydrogens is 401 g/mol. The Morgan fingerprint density at radius 1 is 1.21 bits per heavy atom. The molecule has 0 unspecified atom stereocenters. The molecule has 1 atom stereocenters. The SMILES string of the molecule is C[C@@H](c1nc2c3c4c(sc3ncn2n1)CCC4)n1nc(C(F)(F)F)cc1C1CC1. The van der Waals surface area contributed by atoms with Gasteiger partial charge in [0, 0.05) is 16.5 Å². The first-order chi connectivity index (χ1) is 13.9. The van der Waals surface area contributed by atoms with E-state index in [2.05, 4.69) is 15.2 Å². The van der Waals surface area contributed by atoms with Crippen LogP contribution in [0.4, 0.5) is 13.2 Å². The minimum Gasteiger partial charge on any atom is -0.258 e. The number of alkyl halides is 3. The van der Waals surface area contributed by atoms with Gasteiger partial charge in [0.2, 0.25) is 0 Å². The molecule has 150 valence electrons. The molecule has 6 rings (SSSR count). The molecule has 0 N–H and O–H groups in total. The zero-order valence-corrected chi connectivity index (χ0v) is 16.4. The third kappa shape index (κ3) is 2.61. The molecule has 0 radical (unpaired) electrons. The van der Waals surface area contributed by atoms with Crippen LogP contribution in [0.1, 0.15) is 65.8 Å². The molecule has 4 heterocycles. The summed E-state index contributed by atoms with van der Waals surface area (Å²) < 4.78 is 42.8. The van der Waals surface area contributed by atoms with Crippen LogP contribution in [0, 0.1) is 0 Å². The highest BCUT2D eigenvalue weighted by Gasteiger charge is 2.39. The number of hydrogen-bond acceptors (Lipinski definition) is 5. The molecular formula is C19H17F3N6S. The summed E-state index contributed by atoms with van der Waals surface area (Å²) in [4.78, 5) is 11.6. The fourth-order valence-electron chi connectivity index (χ4n) is 4.24. The molecule has 1 fully saturated rings. The van der Waals surface area contributed by atoms with Gasteiger partial charge in [-0.15, -0.1) is 16.4 Å². The summed E-state index contributed by atoms with van der Waals surface area (Å²) in [5, 5.41) is 9.47. The smallest absolute Gasteiger partial charge is 0.258 e. The molecule has 2 aliphatic rings. The molecule has 0 aliphatic heterocycles. The first-order valence-electron chi connectivity index (χ1n) is 9.72. The van der Waals surface area contributed by atoms with E-state index < -0.39 is 17.9 Å². The minimum absolute atomic E-state index is 0.131. The molecule has 0 saturated heterocycles. The average Bonchev–Trinajstić information content (AvgIpc) is 3.06. The number of nitrogens with zero attached hydrogens (tertiary/aromatic N) is 6. The van der Waals surface area contributed by atoms with Crippen LogP contribution in [-0.4, -0.2) is 29.4 Å². The van der Waals surface area contributed by atoms with Crippen LogP contribution in [0.3, 0.4) is 0 Å². The van der Waals surface area contributed by atoms with E-state index in [1.165, 1.54) is 21.2 Å². The lowest BCUT2D eigenvalue weighted by atomic mass is 10.2. The second-order valence-electron chi connectivity index (χ2n) is 7.87. The lowest BCUT2D eigenvalue weighted by Gasteiger charge is -2.12. The maximum absolute atomic E-state index is 13.2. The quantitative estimate of drug-likeness (QED) is 0.491. The predicted molar refractivity (Wildman–Crippen MR) is 101 cm³/mol. The normalized spacial score (nSPS) is 18.1. The molecule has 2 aliphatic carbocycles. The van der Waals surface area contributed by atoms with Gasteiger partial charge in [0.15, 0.2) is 17.2 Å². The number of hydrogen-bond donors (Lipinski definition) is 0. The van der Waals surface area contributed by atoms with Crippen LogP contribution in [0.15, 0.2) is 12.4 Å². The Morgan fingerprint density at radius 3 is 2.79 bits per heavy atom. The molecule has 4 aromatic rings. The number of aryl methyl sites for hydroxylation is 2. The second-order valence-corrected chi connectivity index (χ2v) is 8.95. The Labute approximate surface area is 167 Å². The van der Waals surface area contributed by atoms with Crippen LogP contribution in [0.25, 0.3) is 15.9 Å². The van der Waals surface area contributed by atoms with E-state index >= 15 is 0 Å². The Morgan fingerprint density at radius 2 is 2.03 bits per heavy atom. The van der Waals surface area contributed by atoms with Gasteiger partial charge in [-0.1, -0.05) is 0 Å². The highest BCUT2D eigenvalue weighted by Crippen LogP contribution is 2.43. The van der Waals surface area contributed by atoms with Crippen molar-refractivity contribution in [2.45, 2.75) is 57.2 Å². The van der Waals surface area contributed by atoms with E-state index in [1.54, 1.807) is 29.1 Å². The number of fused-ring (bicyclic) bond motifs is 5. The summed E-state index contributed by atoms with van der Waals surface area (Å²) in [5.74, 6) is 0.586. The largest absolute Gasteiger partial charge is 0.435 e. The summed E-state index contributed by atoms with van der Waals surface area (Å²) in [7, 11) is 0. The zero-order valence-electron chi connectivity index (χ0n) is 15.6. The van der Waals surface area contributed by atoms with Crippen LogP contribution in [-0.2, 0) is 19.0 Å². The van der Waals surface area contributed by atoms with E-state index in [0.717, 1.165) is 48.0 Å². The number of rotatable bonds is 3. The van der Waals surface area contributed by atoms with Crippen molar-refractivity contribution < 1.29 is 13.2 Å². The van der Waals surface area contributed by atoms with Crippen molar-refractivity contribution >= 4 is 27.2 Å². The highest BCUT2D eigenvalue weighted by molar-refractivity contribution is 7.19. The van der Waals surface area contributed by atoms with Gasteiger partial charge >= 0.3 is 6.18 Å². The van der Waals surface area contributed by atoms with Gasteiger partial charge in [-0.2, -0.15) is 18.3 Å². The Kier molecular flexibility index (Phi) is 3.46. The highest BCUT2D eigenvalue weighted by atomic mass is 32.1. The van der Waals surface area contributed by atoms with Gasteiger partial charge in [-0.3, -0.25) is 4.68 Å². The third-order valence-electron chi connectivity index (χ3n) is 5.85. The van der Waals surface area contributed by atoms with Gasteiger partial charge in [-0.05, 0) is 50.7 Å².